The molecule has 1 atom stereocenters. The lowest BCUT2D eigenvalue weighted by Gasteiger charge is -2.34. The van der Waals surface area contributed by atoms with Crippen LogP contribution < -0.4 is 0 Å². The Hall–Kier alpha value is -1.44. The molecule has 1 aromatic heterocycles. The number of thiophene rings is 1. The van der Waals surface area contributed by atoms with E-state index in [1.165, 1.54) is 10.4 Å². The van der Waals surface area contributed by atoms with E-state index in [9.17, 15) is 9.59 Å². The van der Waals surface area contributed by atoms with Crippen LogP contribution in [-0.4, -0.2) is 72.7 Å². The van der Waals surface area contributed by atoms with Gasteiger partial charge in [-0.05, 0) is 32.0 Å². The normalized spacial score (nSPS) is 18.4. The second-order valence-corrected chi connectivity index (χ2v) is 7.04. The van der Waals surface area contributed by atoms with Crippen LogP contribution in [0.15, 0.2) is 6.07 Å². The first-order valence-corrected chi connectivity index (χ1v) is 8.62. The van der Waals surface area contributed by atoms with Gasteiger partial charge in [0.05, 0.1) is 24.1 Å². The standard InChI is InChI=1S/C16H24N2O4S/c1-4-13-11(2)7-14(23-13)16(21)18-5-6-22-12(9-18)8-17(3)10-15(19)20/h7,12H,4-6,8-10H2,1-3H3,(H,19,20). The van der Waals surface area contributed by atoms with Crippen LogP contribution in [0, 0.1) is 6.92 Å². The van der Waals surface area contributed by atoms with Gasteiger partial charge in [0.15, 0.2) is 0 Å². The molecule has 0 saturated carbocycles. The number of carboxylic acids is 1. The Kier molecular flexibility index (Phi) is 6.15. The molecule has 1 aliphatic rings. The van der Waals surface area contributed by atoms with Crippen molar-refractivity contribution in [3.8, 4) is 0 Å². The summed E-state index contributed by atoms with van der Waals surface area (Å²) in [4.78, 5) is 28.9. The summed E-state index contributed by atoms with van der Waals surface area (Å²) in [6.07, 6.45) is 0.791. The van der Waals surface area contributed by atoms with E-state index in [2.05, 4.69) is 6.92 Å². The molecule has 1 unspecified atom stereocenters. The minimum absolute atomic E-state index is 0.0300. The van der Waals surface area contributed by atoms with Crippen molar-refractivity contribution < 1.29 is 19.4 Å². The van der Waals surface area contributed by atoms with Crippen LogP contribution in [0.1, 0.15) is 27.0 Å². The number of hydrogen-bond acceptors (Lipinski definition) is 5. The SMILES string of the molecule is CCc1sc(C(=O)N2CCOC(CN(C)CC(=O)O)C2)cc1C. The van der Waals surface area contributed by atoms with Gasteiger partial charge < -0.3 is 14.7 Å². The van der Waals surface area contributed by atoms with Crippen molar-refractivity contribution >= 4 is 23.2 Å². The molecule has 1 aromatic rings. The van der Waals surface area contributed by atoms with Gasteiger partial charge in [-0.15, -0.1) is 11.3 Å². The zero-order chi connectivity index (χ0) is 17.0. The van der Waals surface area contributed by atoms with Gasteiger partial charge in [0.1, 0.15) is 0 Å². The number of likely N-dealkylation sites (N-methyl/N-ethyl adjacent to an activating group) is 1. The molecule has 0 bridgehead atoms. The molecule has 0 radical (unpaired) electrons. The van der Waals surface area contributed by atoms with Gasteiger partial charge in [-0.1, -0.05) is 6.92 Å². The number of carbonyl (C=O) groups is 2. The van der Waals surface area contributed by atoms with Gasteiger partial charge in [-0.25, -0.2) is 0 Å². The number of aliphatic carboxylic acids is 1. The summed E-state index contributed by atoms with van der Waals surface area (Å²) in [7, 11) is 1.74. The monoisotopic (exact) mass is 340 g/mol. The Balaban J connectivity index is 1.97. The molecule has 0 aliphatic carbocycles. The number of ether oxygens (including phenoxy) is 1. The van der Waals surface area contributed by atoms with Crippen LogP contribution in [0.3, 0.4) is 0 Å². The fourth-order valence-electron chi connectivity index (χ4n) is 2.79. The lowest BCUT2D eigenvalue weighted by Crippen LogP contribution is -2.49. The zero-order valence-corrected chi connectivity index (χ0v) is 14.7. The number of rotatable bonds is 6. The average molecular weight is 340 g/mol. The Labute approximate surface area is 140 Å². The molecular formula is C16H24N2O4S. The quantitative estimate of drug-likeness (QED) is 0.849. The van der Waals surface area contributed by atoms with Gasteiger partial charge >= 0.3 is 5.97 Å². The summed E-state index contributed by atoms with van der Waals surface area (Å²) in [5, 5.41) is 8.81. The van der Waals surface area contributed by atoms with Gasteiger partial charge in [0.2, 0.25) is 0 Å². The third-order valence-corrected chi connectivity index (χ3v) is 5.27. The smallest absolute Gasteiger partial charge is 0.317 e. The van der Waals surface area contributed by atoms with E-state index in [4.69, 9.17) is 9.84 Å². The summed E-state index contributed by atoms with van der Waals surface area (Å²) in [6.45, 7) is 6.17. The third-order valence-electron chi connectivity index (χ3n) is 3.90. The maximum Gasteiger partial charge on any atom is 0.317 e. The molecule has 1 saturated heterocycles. The predicted octanol–water partition coefficient (Wildman–Crippen LogP) is 1.48. The highest BCUT2D eigenvalue weighted by Gasteiger charge is 2.27. The van der Waals surface area contributed by atoms with Crippen LogP contribution in [0.4, 0.5) is 0 Å². The molecule has 1 N–H and O–H groups in total. The first kappa shape index (κ1) is 17.9. The number of aryl methyl sites for hydroxylation is 2. The van der Waals surface area contributed by atoms with Gasteiger partial charge in [-0.2, -0.15) is 0 Å². The fraction of sp³-hybridized carbons (Fsp3) is 0.625. The van der Waals surface area contributed by atoms with E-state index >= 15 is 0 Å². The second-order valence-electron chi connectivity index (χ2n) is 5.90. The highest BCUT2D eigenvalue weighted by atomic mass is 32.1. The van der Waals surface area contributed by atoms with E-state index in [1.54, 1.807) is 23.3 Å². The molecule has 2 rings (SSSR count). The summed E-state index contributed by atoms with van der Waals surface area (Å²) in [5.74, 6) is -0.815. The van der Waals surface area contributed by atoms with E-state index in [0.29, 0.717) is 26.2 Å². The zero-order valence-electron chi connectivity index (χ0n) is 13.9. The first-order valence-electron chi connectivity index (χ1n) is 7.81. The molecule has 128 valence electrons. The molecular weight excluding hydrogens is 316 g/mol. The highest BCUT2D eigenvalue weighted by molar-refractivity contribution is 7.14. The van der Waals surface area contributed by atoms with E-state index < -0.39 is 5.97 Å². The number of hydrogen-bond donors (Lipinski definition) is 1. The van der Waals surface area contributed by atoms with Crippen LogP contribution >= 0.6 is 11.3 Å². The van der Waals surface area contributed by atoms with E-state index in [0.717, 1.165) is 11.3 Å². The molecule has 1 amide bonds. The summed E-state index contributed by atoms with van der Waals surface area (Å²) in [6, 6.07) is 1.97. The Bertz CT molecular complexity index is 572. The van der Waals surface area contributed by atoms with Crippen molar-refractivity contribution in [1.82, 2.24) is 9.80 Å². The van der Waals surface area contributed by atoms with Gasteiger partial charge in [0.25, 0.3) is 5.91 Å². The van der Waals surface area contributed by atoms with Crippen molar-refractivity contribution in [2.45, 2.75) is 26.4 Å². The predicted molar refractivity (Wildman–Crippen MR) is 89.2 cm³/mol. The van der Waals surface area contributed by atoms with Crippen molar-refractivity contribution in [3.05, 3.63) is 21.4 Å². The average Bonchev–Trinajstić information content (AvgIpc) is 2.87. The number of carbonyl (C=O) groups excluding carboxylic acids is 1. The topological polar surface area (TPSA) is 70.1 Å². The lowest BCUT2D eigenvalue weighted by molar-refractivity contribution is -0.138. The van der Waals surface area contributed by atoms with Crippen molar-refractivity contribution in [2.75, 3.05) is 39.8 Å². The molecule has 1 fully saturated rings. The second kappa shape index (κ2) is 7.90. The lowest BCUT2D eigenvalue weighted by atomic mass is 10.2. The van der Waals surface area contributed by atoms with Crippen molar-refractivity contribution in [2.24, 2.45) is 0 Å². The molecule has 1 aliphatic heterocycles. The minimum atomic E-state index is -0.864. The third kappa shape index (κ3) is 4.76. The van der Waals surface area contributed by atoms with E-state index in [-0.39, 0.29) is 18.6 Å². The van der Waals surface area contributed by atoms with Crippen molar-refractivity contribution in [3.63, 3.8) is 0 Å². The number of nitrogens with zero attached hydrogens (tertiary/aromatic N) is 2. The fourth-order valence-corrected chi connectivity index (χ4v) is 3.87. The minimum Gasteiger partial charge on any atom is -0.480 e. The maximum absolute atomic E-state index is 12.7. The number of carboxylic acid groups (broad SMARTS) is 1. The van der Waals surface area contributed by atoms with Gasteiger partial charge in [0, 0.05) is 24.5 Å². The molecule has 6 nitrogen and oxygen atoms in total. The Morgan fingerprint density at radius 1 is 1.52 bits per heavy atom. The van der Waals surface area contributed by atoms with Gasteiger partial charge in [-0.3, -0.25) is 14.5 Å². The number of morpholine rings is 1. The van der Waals surface area contributed by atoms with Crippen LogP contribution in [0.2, 0.25) is 0 Å². The Morgan fingerprint density at radius 2 is 2.26 bits per heavy atom. The molecule has 0 spiro atoms. The summed E-state index contributed by atoms with van der Waals surface area (Å²) in [5.41, 5.74) is 1.17. The summed E-state index contributed by atoms with van der Waals surface area (Å²) < 4.78 is 5.67. The molecule has 2 heterocycles. The Morgan fingerprint density at radius 3 is 2.87 bits per heavy atom. The van der Waals surface area contributed by atoms with Crippen LogP contribution in [-0.2, 0) is 16.0 Å². The first-order chi connectivity index (χ1) is 10.9. The van der Waals surface area contributed by atoms with Crippen LogP contribution in [0.25, 0.3) is 0 Å². The largest absolute Gasteiger partial charge is 0.480 e. The summed E-state index contributed by atoms with van der Waals surface area (Å²) >= 11 is 1.56. The van der Waals surface area contributed by atoms with Crippen LogP contribution in [0.5, 0.6) is 0 Å². The maximum atomic E-state index is 12.7. The van der Waals surface area contributed by atoms with Crippen molar-refractivity contribution in [1.29, 1.82) is 0 Å². The molecule has 7 heteroatoms. The molecule has 23 heavy (non-hydrogen) atoms. The highest BCUT2D eigenvalue weighted by Crippen LogP contribution is 2.24. The number of amides is 1. The van der Waals surface area contributed by atoms with E-state index in [1.807, 2.05) is 17.9 Å². The molecule has 0 aromatic carbocycles.